The Labute approximate surface area is 153 Å². The summed E-state index contributed by atoms with van der Waals surface area (Å²) < 4.78 is 26.3. The largest absolute Gasteiger partial charge is 0.463 e. The molecule has 0 N–H and O–H groups in total. The molecule has 25 heavy (non-hydrogen) atoms. The lowest BCUT2D eigenvalue weighted by Gasteiger charge is -2.08. The molecule has 0 saturated heterocycles. The van der Waals surface area contributed by atoms with Crippen molar-refractivity contribution >= 4 is 5.97 Å². The van der Waals surface area contributed by atoms with Gasteiger partial charge in [0.25, 0.3) is 0 Å². The van der Waals surface area contributed by atoms with Crippen LogP contribution in [0.2, 0.25) is 0 Å². The maximum atomic E-state index is 11.5. The molecular weight excluding hydrogens is 324 g/mol. The highest BCUT2D eigenvalue weighted by Crippen LogP contribution is 2.07. The van der Waals surface area contributed by atoms with Crippen LogP contribution < -0.4 is 0 Å². The minimum atomic E-state index is -0.125. The van der Waals surface area contributed by atoms with Gasteiger partial charge >= 0.3 is 5.97 Å². The summed E-state index contributed by atoms with van der Waals surface area (Å²) in [6, 6.07) is 0. The van der Waals surface area contributed by atoms with Crippen LogP contribution in [0.3, 0.4) is 0 Å². The summed E-state index contributed by atoms with van der Waals surface area (Å²) in [5, 5.41) is 0. The van der Waals surface area contributed by atoms with E-state index >= 15 is 0 Å². The molecular formula is C19H38O6. The van der Waals surface area contributed by atoms with Crippen LogP contribution in [0.4, 0.5) is 0 Å². The van der Waals surface area contributed by atoms with E-state index in [2.05, 4.69) is 6.92 Å². The first-order valence-electron chi connectivity index (χ1n) is 9.77. The molecule has 0 unspecified atom stereocenters. The predicted molar refractivity (Wildman–Crippen MR) is 97.9 cm³/mol. The maximum Gasteiger partial charge on any atom is 0.305 e. The van der Waals surface area contributed by atoms with Crippen LogP contribution in [0.1, 0.15) is 58.8 Å². The van der Waals surface area contributed by atoms with Crippen LogP contribution >= 0.6 is 0 Å². The van der Waals surface area contributed by atoms with Crippen molar-refractivity contribution in [1.82, 2.24) is 0 Å². The quantitative estimate of drug-likeness (QED) is 0.244. The van der Waals surface area contributed by atoms with Gasteiger partial charge in [-0.05, 0) is 13.3 Å². The Hall–Kier alpha value is -0.690. The SMILES string of the molecule is CCCCCCCCC(=O)OCCOCCOCCOCCOCC. The van der Waals surface area contributed by atoms with E-state index in [1.165, 1.54) is 25.7 Å². The molecule has 0 bridgehead atoms. The van der Waals surface area contributed by atoms with Gasteiger partial charge in [-0.1, -0.05) is 39.0 Å². The van der Waals surface area contributed by atoms with Crippen LogP contribution in [-0.4, -0.2) is 65.4 Å². The van der Waals surface area contributed by atoms with Gasteiger partial charge in [0.05, 0.1) is 46.2 Å². The number of hydrogen-bond acceptors (Lipinski definition) is 6. The molecule has 0 aliphatic rings. The molecule has 0 heterocycles. The Morgan fingerprint density at radius 3 is 1.64 bits per heavy atom. The summed E-state index contributed by atoms with van der Waals surface area (Å²) in [7, 11) is 0. The van der Waals surface area contributed by atoms with Gasteiger partial charge in [-0.2, -0.15) is 0 Å². The fourth-order valence-corrected chi connectivity index (χ4v) is 2.14. The molecule has 0 aliphatic carbocycles. The molecule has 150 valence electrons. The maximum absolute atomic E-state index is 11.5. The van der Waals surface area contributed by atoms with E-state index in [9.17, 15) is 4.79 Å². The van der Waals surface area contributed by atoms with E-state index in [0.717, 1.165) is 12.8 Å². The average Bonchev–Trinajstić information content (AvgIpc) is 2.62. The first-order valence-corrected chi connectivity index (χ1v) is 9.77. The zero-order valence-electron chi connectivity index (χ0n) is 16.3. The van der Waals surface area contributed by atoms with Gasteiger partial charge in [0.1, 0.15) is 6.61 Å². The summed E-state index contributed by atoms with van der Waals surface area (Å²) in [5.41, 5.74) is 0. The summed E-state index contributed by atoms with van der Waals surface area (Å²) in [6.07, 6.45) is 7.55. The molecule has 0 spiro atoms. The van der Waals surface area contributed by atoms with E-state index in [4.69, 9.17) is 23.7 Å². The van der Waals surface area contributed by atoms with Crippen LogP contribution in [-0.2, 0) is 28.5 Å². The van der Waals surface area contributed by atoms with Gasteiger partial charge in [-0.15, -0.1) is 0 Å². The van der Waals surface area contributed by atoms with Crippen molar-refractivity contribution in [3.05, 3.63) is 0 Å². The van der Waals surface area contributed by atoms with E-state index < -0.39 is 0 Å². The lowest BCUT2D eigenvalue weighted by molar-refractivity contribution is -0.145. The second-order valence-corrected chi connectivity index (χ2v) is 5.77. The molecule has 0 amide bonds. The Balaban J connectivity index is 3.11. The standard InChI is InChI=1S/C19H38O6/c1-3-5-6-7-8-9-10-19(20)25-18-17-24-16-15-23-14-13-22-12-11-21-4-2/h3-18H2,1-2H3. The first kappa shape index (κ1) is 24.3. The second kappa shape index (κ2) is 21.4. The van der Waals surface area contributed by atoms with Crippen molar-refractivity contribution in [2.24, 2.45) is 0 Å². The van der Waals surface area contributed by atoms with Crippen molar-refractivity contribution < 1.29 is 28.5 Å². The van der Waals surface area contributed by atoms with E-state index in [-0.39, 0.29) is 5.97 Å². The summed E-state index contributed by atoms with van der Waals surface area (Å²) in [4.78, 5) is 11.5. The zero-order valence-corrected chi connectivity index (χ0v) is 16.3. The van der Waals surface area contributed by atoms with Crippen molar-refractivity contribution in [3.8, 4) is 0 Å². The highest BCUT2D eigenvalue weighted by atomic mass is 16.6. The first-order chi connectivity index (χ1) is 12.3. The minimum Gasteiger partial charge on any atom is -0.463 e. The van der Waals surface area contributed by atoms with E-state index in [1.807, 2.05) is 6.92 Å². The molecule has 0 aliphatic heterocycles. The number of carbonyl (C=O) groups excluding carboxylic acids is 1. The molecule has 6 heteroatoms. The van der Waals surface area contributed by atoms with Gasteiger partial charge in [0.2, 0.25) is 0 Å². The lowest BCUT2D eigenvalue weighted by Crippen LogP contribution is -2.14. The molecule has 0 rings (SSSR count). The normalized spacial score (nSPS) is 11.0. The summed E-state index contributed by atoms with van der Waals surface area (Å²) in [5.74, 6) is -0.125. The molecule has 0 atom stereocenters. The Bertz CT molecular complexity index is 273. The Morgan fingerprint density at radius 1 is 0.600 bits per heavy atom. The average molecular weight is 363 g/mol. The molecule has 0 aromatic rings. The van der Waals surface area contributed by atoms with Crippen LogP contribution in [0, 0.1) is 0 Å². The highest BCUT2D eigenvalue weighted by Gasteiger charge is 2.02. The Kier molecular flexibility index (Phi) is 20.8. The molecule has 0 saturated carbocycles. The number of carbonyl (C=O) groups is 1. The van der Waals surface area contributed by atoms with E-state index in [0.29, 0.717) is 65.9 Å². The minimum absolute atomic E-state index is 0.125. The second-order valence-electron chi connectivity index (χ2n) is 5.77. The lowest BCUT2D eigenvalue weighted by atomic mass is 10.1. The van der Waals surface area contributed by atoms with Gasteiger partial charge in [-0.3, -0.25) is 4.79 Å². The highest BCUT2D eigenvalue weighted by molar-refractivity contribution is 5.69. The fourth-order valence-electron chi connectivity index (χ4n) is 2.14. The third-order valence-electron chi connectivity index (χ3n) is 3.55. The molecule has 0 fully saturated rings. The predicted octanol–water partition coefficient (Wildman–Crippen LogP) is 3.37. The number of esters is 1. The Morgan fingerprint density at radius 2 is 1.08 bits per heavy atom. The van der Waals surface area contributed by atoms with E-state index in [1.54, 1.807) is 0 Å². The third-order valence-corrected chi connectivity index (χ3v) is 3.55. The molecule has 0 aromatic carbocycles. The van der Waals surface area contributed by atoms with Crippen LogP contribution in [0.15, 0.2) is 0 Å². The van der Waals surface area contributed by atoms with Crippen molar-refractivity contribution in [3.63, 3.8) is 0 Å². The van der Waals surface area contributed by atoms with Crippen molar-refractivity contribution in [1.29, 1.82) is 0 Å². The van der Waals surface area contributed by atoms with Crippen molar-refractivity contribution in [2.45, 2.75) is 58.8 Å². The molecule has 0 radical (unpaired) electrons. The third kappa shape index (κ3) is 21.3. The number of rotatable bonds is 20. The van der Waals surface area contributed by atoms with Gasteiger partial charge in [0.15, 0.2) is 0 Å². The topological polar surface area (TPSA) is 63.2 Å². The molecule has 6 nitrogen and oxygen atoms in total. The van der Waals surface area contributed by atoms with Gasteiger partial charge < -0.3 is 23.7 Å². The van der Waals surface area contributed by atoms with Crippen molar-refractivity contribution in [2.75, 3.05) is 59.5 Å². The molecule has 0 aromatic heterocycles. The summed E-state index contributed by atoms with van der Waals surface area (Å²) in [6.45, 7) is 8.93. The number of hydrogen-bond donors (Lipinski definition) is 0. The number of ether oxygens (including phenoxy) is 5. The zero-order chi connectivity index (χ0) is 18.4. The van der Waals surface area contributed by atoms with Gasteiger partial charge in [0, 0.05) is 13.0 Å². The van der Waals surface area contributed by atoms with Crippen LogP contribution in [0.25, 0.3) is 0 Å². The monoisotopic (exact) mass is 362 g/mol. The van der Waals surface area contributed by atoms with Gasteiger partial charge in [-0.25, -0.2) is 0 Å². The smallest absolute Gasteiger partial charge is 0.305 e. The number of unbranched alkanes of at least 4 members (excludes halogenated alkanes) is 5. The fraction of sp³-hybridized carbons (Fsp3) is 0.947. The summed E-state index contributed by atoms with van der Waals surface area (Å²) >= 11 is 0. The van der Waals surface area contributed by atoms with Crippen LogP contribution in [0.5, 0.6) is 0 Å².